The SMILES string of the molecule is CC(=O)C(CC1=C(C)C(C)(C)CCC1)Sc1ccccc1. The molecule has 1 aromatic carbocycles. The minimum absolute atomic E-state index is 0.0475. The highest BCUT2D eigenvalue weighted by Crippen LogP contribution is 2.42. The molecule has 0 aromatic heterocycles. The summed E-state index contributed by atoms with van der Waals surface area (Å²) < 4.78 is 0. The third kappa shape index (κ3) is 4.23. The van der Waals surface area contributed by atoms with Gasteiger partial charge in [0.1, 0.15) is 5.78 Å². The molecule has 0 saturated carbocycles. The Bertz CT molecular complexity index is 528. The maximum Gasteiger partial charge on any atom is 0.143 e. The lowest BCUT2D eigenvalue weighted by atomic mass is 9.72. The van der Waals surface area contributed by atoms with Gasteiger partial charge in [-0.05, 0) is 57.1 Å². The first-order chi connectivity index (χ1) is 9.90. The molecule has 0 N–H and O–H groups in total. The highest BCUT2D eigenvalue weighted by molar-refractivity contribution is 8.00. The fourth-order valence-corrected chi connectivity index (χ4v) is 4.10. The average Bonchev–Trinajstić information content (AvgIpc) is 2.44. The third-order valence-corrected chi connectivity index (χ3v) is 6.06. The Balaban J connectivity index is 2.15. The molecule has 2 heteroatoms. The average molecular weight is 302 g/mol. The molecule has 1 aromatic rings. The Morgan fingerprint density at radius 3 is 2.57 bits per heavy atom. The second-order valence-corrected chi connectivity index (χ2v) is 7.98. The quantitative estimate of drug-likeness (QED) is 0.516. The molecule has 1 aliphatic carbocycles. The van der Waals surface area contributed by atoms with Crippen molar-refractivity contribution in [3.63, 3.8) is 0 Å². The summed E-state index contributed by atoms with van der Waals surface area (Å²) in [7, 11) is 0. The zero-order valence-corrected chi connectivity index (χ0v) is 14.4. The predicted molar refractivity (Wildman–Crippen MR) is 91.7 cm³/mol. The van der Waals surface area contributed by atoms with E-state index in [0.29, 0.717) is 5.41 Å². The monoisotopic (exact) mass is 302 g/mol. The van der Waals surface area contributed by atoms with Crippen LogP contribution in [-0.2, 0) is 4.79 Å². The van der Waals surface area contributed by atoms with Crippen molar-refractivity contribution in [2.24, 2.45) is 5.41 Å². The van der Waals surface area contributed by atoms with E-state index in [1.54, 1.807) is 18.7 Å². The lowest BCUT2D eigenvalue weighted by Crippen LogP contribution is -2.22. The van der Waals surface area contributed by atoms with Crippen LogP contribution in [0, 0.1) is 5.41 Å². The van der Waals surface area contributed by atoms with Crippen molar-refractivity contribution >= 4 is 17.5 Å². The maximum absolute atomic E-state index is 12.0. The molecule has 0 spiro atoms. The van der Waals surface area contributed by atoms with Crippen LogP contribution in [0.5, 0.6) is 0 Å². The number of hydrogen-bond acceptors (Lipinski definition) is 2. The van der Waals surface area contributed by atoms with Crippen molar-refractivity contribution in [1.82, 2.24) is 0 Å². The maximum atomic E-state index is 12.0. The van der Waals surface area contributed by atoms with E-state index in [1.165, 1.54) is 28.9 Å². The molecule has 114 valence electrons. The van der Waals surface area contributed by atoms with Gasteiger partial charge in [-0.2, -0.15) is 0 Å². The van der Waals surface area contributed by atoms with Crippen LogP contribution in [0.25, 0.3) is 0 Å². The van der Waals surface area contributed by atoms with Crippen LogP contribution < -0.4 is 0 Å². The predicted octanol–water partition coefficient (Wildman–Crippen LogP) is 5.65. The fraction of sp³-hybridized carbons (Fsp3) is 0.526. The second kappa shape index (κ2) is 6.83. The molecule has 0 heterocycles. The number of thioether (sulfide) groups is 1. The molecular weight excluding hydrogens is 276 g/mol. The van der Waals surface area contributed by atoms with Crippen molar-refractivity contribution in [3.8, 4) is 0 Å². The summed E-state index contributed by atoms with van der Waals surface area (Å²) in [5.41, 5.74) is 3.32. The Morgan fingerprint density at radius 2 is 1.95 bits per heavy atom. The molecule has 2 rings (SSSR count). The van der Waals surface area contributed by atoms with Crippen LogP contribution >= 0.6 is 11.8 Å². The second-order valence-electron chi connectivity index (χ2n) is 6.70. The number of allylic oxidation sites excluding steroid dienone is 2. The van der Waals surface area contributed by atoms with Crippen LogP contribution in [0.1, 0.15) is 53.4 Å². The molecule has 1 aliphatic rings. The van der Waals surface area contributed by atoms with Gasteiger partial charge in [0.25, 0.3) is 0 Å². The third-order valence-electron chi connectivity index (χ3n) is 4.73. The van der Waals surface area contributed by atoms with Gasteiger partial charge in [0.2, 0.25) is 0 Å². The molecule has 1 nitrogen and oxygen atoms in total. The van der Waals surface area contributed by atoms with Gasteiger partial charge in [0.15, 0.2) is 0 Å². The van der Waals surface area contributed by atoms with E-state index >= 15 is 0 Å². The minimum atomic E-state index is 0.0475. The molecule has 1 unspecified atom stereocenters. The van der Waals surface area contributed by atoms with Crippen LogP contribution in [0.4, 0.5) is 0 Å². The summed E-state index contributed by atoms with van der Waals surface area (Å²) in [6.45, 7) is 8.65. The first-order valence-electron chi connectivity index (χ1n) is 7.81. The van der Waals surface area contributed by atoms with Crippen molar-refractivity contribution in [3.05, 3.63) is 41.5 Å². The number of carbonyl (C=O) groups excluding carboxylic acids is 1. The van der Waals surface area contributed by atoms with Crippen LogP contribution in [0.15, 0.2) is 46.4 Å². The molecule has 0 radical (unpaired) electrons. The van der Waals surface area contributed by atoms with Crippen molar-refractivity contribution in [1.29, 1.82) is 0 Å². The fourth-order valence-electron chi connectivity index (χ4n) is 3.01. The Hall–Kier alpha value is -1.02. The zero-order chi connectivity index (χ0) is 15.5. The van der Waals surface area contributed by atoms with Gasteiger partial charge in [-0.25, -0.2) is 0 Å². The van der Waals surface area contributed by atoms with Gasteiger partial charge in [-0.15, -0.1) is 11.8 Å². The normalized spacial score (nSPS) is 19.4. The van der Waals surface area contributed by atoms with E-state index in [9.17, 15) is 4.79 Å². The van der Waals surface area contributed by atoms with Gasteiger partial charge in [-0.1, -0.05) is 43.2 Å². The molecule has 0 saturated heterocycles. The molecule has 0 aliphatic heterocycles. The highest BCUT2D eigenvalue weighted by atomic mass is 32.2. The number of Topliss-reactive ketones (excluding diaryl/α,β-unsaturated/α-hetero) is 1. The van der Waals surface area contributed by atoms with E-state index in [2.05, 4.69) is 32.9 Å². The molecular formula is C19H26OS. The summed E-state index contributed by atoms with van der Waals surface area (Å²) in [5, 5.41) is 0.0475. The van der Waals surface area contributed by atoms with E-state index in [0.717, 1.165) is 12.8 Å². The summed E-state index contributed by atoms with van der Waals surface area (Å²) in [6.07, 6.45) is 4.58. The minimum Gasteiger partial charge on any atom is -0.299 e. The summed E-state index contributed by atoms with van der Waals surface area (Å²) in [6, 6.07) is 10.3. The summed E-state index contributed by atoms with van der Waals surface area (Å²) >= 11 is 1.71. The van der Waals surface area contributed by atoms with Crippen molar-refractivity contribution in [2.75, 3.05) is 0 Å². The van der Waals surface area contributed by atoms with Gasteiger partial charge < -0.3 is 0 Å². The first-order valence-corrected chi connectivity index (χ1v) is 8.69. The molecule has 21 heavy (non-hydrogen) atoms. The molecule has 0 fully saturated rings. The van der Waals surface area contributed by atoms with Crippen molar-refractivity contribution in [2.45, 2.75) is 63.5 Å². The van der Waals surface area contributed by atoms with E-state index in [-0.39, 0.29) is 11.0 Å². The Morgan fingerprint density at radius 1 is 1.29 bits per heavy atom. The summed E-state index contributed by atoms with van der Waals surface area (Å²) in [5.74, 6) is 0.285. The van der Waals surface area contributed by atoms with E-state index < -0.39 is 0 Å². The number of ketones is 1. The van der Waals surface area contributed by atoms with Gasteiger partial charge in [0, 0.05) is 4.90 Å². The topological polar surface area (TPSA) is 17.1 Å². The number of rotatable bonds is 5. The Kier molecular flexibility index (Phi) is 5.32. The van der Waals surface area contributed by atoms with Gasteiger partial charge in [-0.3, -0.25) is 4.79 Å². The first kappa shape index (κ1) is 16.4. The summed E-state index contributed by atoms with van der Waals surface area (Å²) in [4.78, 5) is 13.2. The molecule has 0 amide bonds. The van der Waals surface area contributed by atoms with Crippen LogP contribution in [-0.4, -0.2) is 11.0 Å². The highest BCUT2D eigenvalue weighted by Gasteiger charge is 2.28. The Labute approximate surface area is 133 Å². The molecule has 0 bridgehead atoms. The van der Waals surface area contributed by atoms with Crippen LogP contribution in [0.2, 0.25) is 0 Å². The standard InChI is InChI=1S/C19H26OS/c1-14-16(9-8-12-19(14,3)4)13-18(15(2)20)21-17-10-6-5-7-11-17/h5-7,10-11,18H,8-9,12-13H2,1-4H3. The number of carbonyl (C=O) groups is 1. The van der Waals surface area contributed by atoms with E-state index in [1.807, 2.05) is 18.2 Å². The lowest BCUT2D eigenvalue weighted by molar-refractivity contribution is -0.116. The number of benzene rings is 1. The molecule has 1 atom stereocenters. The lowest BCUT2D eigenvalue weighted by Gasteiger charge is -2.34. The largest absolute Gasteiger partial charge is 0.299 e. The van der Waals surface area contributed by atoms with Gasteiger partial charge in [0.05, 0.1) is 5.25 Å². The van der Waals surface area contributed by atoms with Gasteiger partial charge >= 0.3 is 0 Å². The zero-order valence-electron chi connectivity index (χ0n) is 13.6. The van der Waals surface area contributed by atoms with E-state index in [4.69, 9.17) is 0 Å². The number of hydrogen-bond donors (Lipinski definition) is 0. The smallest absolute Gasteiger partial charge is 0.143 e. The van der Waals surface area contributed by atoms with Crippen LogP contribution in [0.3, 0.4) is 0 Å². The van der Waals surface area contributed by atoms with Crippen molar-refractivity contribution < 1.29 is 4.79 Å².